The second-order valence-corrected chi connectivity index (χ2v) is 8.89. The maximum absolute atomic E-state index is 12.8. The monoisotopic (exact) mass is 418 g/mol. The van der Waals surface area contributed by atoms with Crippen LogP contribution in [0.25, 0.3) is 0 Å². The summed E-state index contributed by atoms with van der Waals surface area (Å²) in [6, 6.07) is 11.8. The van der Waals surface area contributed by atoms with Gasteiger partial charge in [0.2, 0.25) is 15.9 Å². The van der Waals surface area contributed by atoms with Gasteiger partial charge in [-0.3, -0.25) is 4.79 Å². The lowest BCUT2D eigenvalue weighted by Gasteiger charge is -2.20. The fraction of sp³-hybridized carbons (Fsp3) is 0.381. The molecule has 0 aliphatic carbocycles. The number of nitrogens with one attached hydrogen (secondary N) is 1. The maximum Gasteiger partial charge on any atom is 0.240 e. The number of anilines is 1. The van der Waals surface area contributed by atoms with Gasteiger partial charge in [0, 0.05) is 19.5 Å². The number of sulfonamides is 1. The van der Waals surface area contributed by atoms with Crippen LogP contribution in [0.15, 0.2) is 47.4 Å². The highest BCUT2D eigenvalue weighted by atomic mass is 32.2. The number of methoxy groups -OCH3 is 1. The molecule has 156 valence electrons. The largest absolute Gasteiger partial charge is 0.495 e. The molecule has 0 unspecified atom stereocenters. The summed E-state index contributed by atoms with van der Waals surface area (Å²) >= 11 is 0. The molecule has 1 aliphatic heterocycles. The van der Waals surface area contributed by atoms with E-state index in [0.717, 1.165) is 12.0 Å². The van der Waals surface area contributed by atoms with E-state index in [1.165, 1.54) is 19.2 Å². The summed E-state index contributed by atoms with van der Waals surface area (Å²) in [7, 11) is -2.28. The van der Waals surface area contributed by atoms with Crippen LogP contribution in [0.2, 0.25) is 0 Å². The van der Waals surface area contributed by atoms with E-state index in [2.05, 4.69) is 4.72 Å². The Morgan fingerprint density at radius 2 is 1.97 bits per heavy atom. The molecule has 0 atom stereocenters. The molecule has 1 saturated heterocycles. The Morgan fingerprint density at radius 3 is 2.62 bits per heavy atom. The molecule has 1 fully saturated rings. The van der Waals surface area contributed by atoms with Crippen LogP contribution in [0.3, 0.4) is 0 Å². The zero-order chi connectivity index (χ0) is 21.0. The number of carbonyl (C=O) groups excluding carboxylic acids is 1. The number of nitrogens with zero attached hydrogens (tertiary/aromatic N) is 1. The van der Waals surface area contributed by atoms with Crippen molar-refractivity contribution >= 4 is 21.6 Å². The third kappa shape index (κ3) is 5.07. The maximum atomic E-state index is 12.8. The Labute approximate surface area is 171 Å². The fourth-order valence-corrected chi connectivity index (χ4v) is 4.25. The average molecular weight is 419 g/mol. The highest BCUT2D eigenvalue weighted by molar-refractivity contribution is 7.89. The van der Waals surface area contributed by atoms with Crippen LogP contribution in [0.1, 0.15) is 32.3 Å². The van der Waals surface area contributed by atoms with Crippen molar-refractivity contribution in [2.24, 2.45) is 0 Å². The lowest BCUT2D eigenvalue weighted by Crippen LogP contribution is -2.26. The summed E-state index contributed by atoms with van der Waals surface area (Å²) in [4.78, 5) is 13.8. The summed E-state index contributed by atoms with van der Waals surface area (Å²) < 4.78 is 39.2. The minimum Gasteiger partial charge on any atom is -0.495 e. The van der Waals surface area contributed by atoms with Crippen LogP contribution < -0.4 is 19.1 Å². The number of benzene rings is 2. The number of rotatable bonds is 8. The molecule has 0 bridgehead atoms. The average Bonchev–Trinajstić information content (AvgIpc) is 3.11. The highest BCUT2D eigenvalue weighted by Gasteiger charge is 2.26. The van der Waals surface area contributed by atoms with E-state index >= 15 is 0 Å². The molecule has 1 amide bonds. The van der Waals surface area contributed by atoms with Gasteiger partial charge in [-0.2, -0.15) is 0 Å². The third-order valence-corrected chi connectivity index (χ3v) is 5.96. The Kier molecular flexibility index (Phi) is 6.44. The van der Waals surface area contributed by atoms with Gasteiger partial charge in [-0.25, -0.2) is 13.1 Å². The molecular weight excluding hydrogens is 392 g/mol. The van der Waals surface area contributed by atoms with Crippen LogP contribution >= 0.6 is 0 Å². The summed E-state index contributed by atoms with van der Waals surface area (Å²) in [5, 5.41) is 0. The summed E-state index contributed by atoms with van der Waals surface area (Å²) in [5.74, 6) is 1.13. The van der Waals surface area contributed by atoms with E-state index in [-0.39, 0.29) is 23.5 Å². The van der Waals surface area contributed by atoms with Crippen LogP contribution in [0.5, 0.6) is 11.5 Å². The van der Waals surface area contributed by atoms with Crippen molar-refractivity contribution < 1.29 is 22.7 Å². The normalized spacial score (nSPS) is 14.5. The zero-order valence-electron chi connectivity index (χ0n) is 16.8. The van der Waals surface area contributed by atoms with E-state index in [1.807, 2.05) is 38.1 Å². The topological polar surface area (TPSA) is 84.9 Å². The van der Waals surface area contributed by atoms with Crippen molar-refractivity contribution in [1.29, 1.82) is 0 Å². The van der Waals surface area contributed by atoms with Gasteiger partial charge in [0.15, 0.2) is 0 Å². The van der Waals surface area contributed by atoms with E-state index in [1.54, 1.807) is 11.0 Å². The first-order valence-electron chi connectivity index (χ1n) is 9.54. The predicted molar refractivity (Wildman–Crippen MR) is 111 cm³/mol. The first-order chi connectivity index (χ1) is 13.8. The van der Waals surface area contributed by atoms with Crippen LogP contribution in [-0.4, -0.2) is 34.1 Å². The van der Waals surface area contributed by atoms with Crippen LogP contribution in [-0.2, 0) is 21.4 Å². The SMILES string of the molecule is COc1ccc(S(=O)(=O)NCc2cccc(OC(C)C)c2)cc1N1CCCC1=O. The van der Waals surface area contributed by atoms with Crippen molar-refractivity contribution in [1.82, 2.24) is 4.72 Å². The lowest BCUT2D eigenvalue weighted by molar-refractivity contribution is -0.117. The first-order valence-corrected chi connectivity index (χ1v) is 11.0. The number of hydrogen-bond acceptors (Lipinski definition) is 5. The minimum absolute atomic E-state index is 0.0345. The van der Waals surface area contributed by atoms with Crippen molar-refractivity contribution in [3.05, 3.63) is 48.0 Å². The summed E-state index contributed by atoms with van der Waals surface area (Å²) in [6.45, 7) is 4.54. The third-order valence-electron chi connectivity index (χ3n) is 4.56. The molecule has 8 heteroatoms. The quantitative estimate of drug-likeness (QED) is 0.712. The Balaban J connectivity index is 1.80. The van der Waals surface area contributed by atoms with E-state index in [0.29, 0.717) is 30.2 Å². The second kappa shape index (κ2) is 8.84. The number of amides is 1. The van der Waals surface area contributed by atoms with Crippen LogP contribution in [0.4, 0.5) is 5.69 Å². The van der Waals surface area contributed by atoms with Gasteiger partial charge in [0.05, 0.1) is 23.8 Å². The Morgan fingerprint density at radius 1 is 1.17 bits per heavy atom. The van der Waals surface area contributed by atoms with Gasteiger partial charge < -0.3 is 14.4 Å². The molecule has 29 heavy (non-hydrogen) atoms. The van der Waals surface area contributed by atoms with Gasteiger partial charge in [0.25, 0.3) is 0 Å². The molecule has 0 radical (unpaired) electrons. The van der Waals surface area contributed by atoms with Gasteiger partial charge in [0.1, 0.15) is 11.5 Å². The lowest BCUT2D eigenvalue weighted by atomic mass is 10.2. The van der Waals surface area contributed by atoms with Gasteiger partial charge >= 0.3 is 0 Å². The molecule has 2 aromatic carbocycles. The molecule has 1 heterocycles. The van der Waals surface area contributed by atoms with Crippen molar-refractivity contribution in [3.63, 3.8) is 0 Å². The van der Waals surface area contributed by atoms with Crippen molar-refractivity contribution in [3.8, 4) is 11.5 Å². The summed E-state index contributed by atoms with van der Waals surface area (Å²) in [5.41, 5.74) is 1.26. The smallest absolute Gasteiger partial charge is 0.240 e. The molecule has 0 spiro atoms. The Hall–Kier alpha value is -2.58. The fourth-order valence-electron chi connectivity index (χ4n) is 3.21. The number of ether oxygens (including phenoxy) is 2. The van der Waals surface area contributed by atoms with Crippen molar-refractivity contribution in [2.75, 3.05) is 18.6 Å². The second-order valence-electron chi connectivity index (χ2n) is 7.12. The molecule has 0 aromatic heterocycles. The number of carbonyl (C=O) groups is 1. The van der Waals surface area contributed by atoms with Crippen molar-refractivity contribution in [2.45, 2.75) is 44.2 Å². The standard InChI is InChI=1S/C21H26N2O5S/c1-15(2)28-17-7-4-6-16(12-17)14-22-29(25,26)18-9-10-20(27-3)19(13-18)23-11-5-8-21(23)24/h4,6-7,9-10,12-13,15,22H,5,8,11,14H2,1-3H3. The molecule has 1 N–H and O–H groups in total. The molecule has 2 aromatic rings. The molecule has 1 aliphatic rings. The van der Waals surface area contributed by atoms with E-state index in [9.17, 15) is 13.2 Å². The number of hydrogen-bond donors (Lipinski definition) is 1. The van der Waals surface area contributed by atoms with E-state index < -0.39 is 10.0 Å². The molecule has 3 rings (SSSR count). The highest BCUT2D eigenvalue weighted by Crippen LogP contribution is 2.33. The molecular formula is C21H26N2O5S. The van der Waals surface area contributed by atoms with Gasteiger partial charge in [-0.15, -0.1) is 0 Å². The predicted octanol–water partition coefficient (Wildman–Crippen LogP) is 3.09. The minimum atomic E-state index is -3.77. The summed E-state index contributed by atoms with van der Waals surface area (Å²) in [6.07, 6.45) is 1.23. The van der Waals surface area contributed by atoms with Gasteiger partial charge in [-0.05, 0) is 56.2 Å². The molecule has 7 nitrogen and oxygen atoms in total. The Bertz CT molecular complexity index is 988. The van der Waals surface area contributed by atoms with E-state index in [4.69, 9.17) is 9.47 Å². The zero-order valence-corrected chi connectivity index (χ0v) is 17.7. The molecule has 0 saturated carbocycles. The van der Waals surface area contributed by atoms with Crippen LogP contribution in [0, 0.1) is 0 Å². The van der Waals surface area contributed by atoms with Gasteiger partial charge in [-0.1, -0.05) is 12.1 Å². The first kappa shape index (κ1) is 21.1.